The van der Waals surface area contributed by atoms with E-state index in [4.69, 9.17) is 9.47 Å². The molecule has 2 aromatic carbocycles. The number of nitro groups is 1. The number of benzene rings is 2. The molecule has 3 aromatic rings. The molecule has 1 amide bonds. The van der Waals surface area contributed by atoms with Crippen molar-refractivity contribution in [1.29, 1.82) is 0 Å². The van der Waals surface area contributed by atoms with E-state index in [1.807, 2.05) is 12.1 Å². The molecule has 1 aliphatic heterocycles. The predicted molar refractivity (Wildman–Crippen MR) is 117 cm³/mol. The molecule has 1 aromatic heterocycles. The molecule has 0 aliphatic carbocycles. The van der Waals surface area contributed by atoms with Crippen LogP contribution in [0.4, 0.5) is 5.69 Å². The van der Waals surface area contributed by atoms with Crippen molar-refractivity contribution in [2.24, 2.45) is 0 Å². The number of carbonyl (C=O) groups is 1. The van der Waals surface area contributed by atoms with Crippen LogP contribution in [0.2, 0.25) is 0 Å². The molecule has 0 saturated carbocycles. The molecule has 8 heteroatoms. The van der Waals surface area contributed by atoms with Crippen molar-refractivity contribution in [3.63, 3.8) is 0 Å². The number of methoxy groups -OCH3 is 1. The maximum atomic E-state index is 13.2. The van der Waals surface area contributed by atoms with Crippen LogP contribution in [0, 0.1) is 10.1 Å². The fraction of sp³-hybridized carbons (Fsp3) is 0.348. The summed E-state index contributed by atoms with van der Waals surface area (Å²) in [5, 5.41) is 12.8. The van der Waals surface area contributed by atoms with Crippen LogP contribution in [0.3, 0.4) is 0 Å². The Kier molecular flexibility index (Phi) is 5.79. The molecular formula is C23H25N3O5. The molecular weight excluding hydrogens is 398 g/mol. The van der Waals surface area contributed by atoms with Crippen molar-refractivity contribution in [1.82, 2.24) is 9.88 Å². The highest BCUT2D eigenvalue weighted by molar-refractivity contribution is 5.99. The number of nitro benzene ring substituents is 1. The zero-order chi connectivity index (χ0) is 22.0. The van der Waals surface area contributed by atoms with Gasteiger partial charge in [-0.2, -0.15) is 0 Å². The van der Waals surface area contributed by atoms with Gasteiger partial charge < -0.3 is 19.4 Å². The fourth-order valence-corrected chi connectivity index (χ4v) is 4.30. The van der Waals surface area contributed by atoms with E-state index in [-0.39, 0.29) is 22.9 Å². The van der Waals surface area contributed by atoms with Gasteiger partial charge in [0.1, 0.15) is 5.56 Å². The molecule has 0 atom stereocenters. The number of hydrogen-bond acceptors (Lipinski definition) is 5. The van der Waals surface area contributed by atoms with Gasteiger partial charge in [0.25, 0.3) is 11.6 Å². The molecule has 0 bridgehead atoms. The average molecular weight is 423 g/mol. The summed E-state index contributed by atoms with van der Waals surface area (Å²) in [6.45, 7) is 3.19. The van der Waals surface area contributed by atoms with Crippen LogP contribution in [0.1, 0.15) is 41.6 Å². The van der Waals surface area contributed by atoms with Crippen LogP contribution in [-0.2, 0) is 0 Å². The first-order valence-electron chi connectivity index (χ1n) is 10.4. The summed E-state index contributed by atoms with van der Waals surface area (Å²) in [4.78, 5) is 29.3. The van der Waals surface area contributed by atoms with Gasteiger partial charge in [0.05, 0.1) is 24.7 Å². The van der Waals surface area contributed by atoms with Crippen LogP contribution in [0.25, 0.3) is 10.9 Å². The molecule has 1 aliphatic rings. The molecule has 1 fully saturated rings. The minimum atomic E-state index is -0.548. The second kappa shape index (κ2) is 8.67. The third-order valence-corrected chi connectivity index (χ3v) is 5.85. The van der Waals surface area contributed by atoms with E-state index in [9.17, 15) is 14.9 Å². The first kappa shape index (κ1) is 20.7. The molecule has 4 rings (SSSR count). The van der Waals surface area contributed by atoms with E-state index in [0.29, 0.717) is 31.4 Å². The first-order valence-corrected chi connectivity index (χ1v) is 10.4. The third kappa shape index (κ3) is 3.93. The number of aromatic nitrogens is 1. The molecule has 31 heavy (non-hydrogen) atoms. The van der Waals surface area contributed by atoms with E-state index in [2.05, 4.69) is 23.3 Å². The topological polar surface area (TPSA) is 97.7 Å². The lowest BCUT2D eigenvalue weighted by molar-refractivity contribution is -0.385. The van der Waals surface area contributed by atoms with Crippen molar-refractivity contribution in [3.8, 4) is 11.5 Å². The van der Waals surface area contributed by atoms with Crippen LogP contribution < -0.4 is 9.47 Å². The molecule has 162 valence electrons. The van der Waals surface area contributed by atoms with E-state index in [0.717, 1.165) is 18.4 Å². The second-order valence-electron chi connectivity index (χ2n) is 7.57. The minimum absolute atomic E-state index is 0.0239. The number of nitrogens with one attached hydrogen (secondary N) is 1. The Morgan fingerprint density at radius 2 is 1.97 bits per heavy atom. The first-order chi connectivity index (χ1) is 15.0. The van der Waals surface area contributed by atoms with Gasteiger partial charge in [-0.15, -0.1) is 0 Å². The number of para-hydroxylation sites is 1. The van der Waals surface area contributed by atoms with Crippen molar-refractivity contribution in [3.05, 3.63) is 63.8 Å². The van der Waals surface area contributed by atoms with Crippen LogP contribution in [0.5, 0.6) is 11.5 Å². The Morgan fingerprint density at radius 3 is 2.65 bits per heavy atom. The smallest absolute Gasteiger partial charge is 0.286 e. The van der Waals surface area contributed by atoms with Crippen LogP contribution in [-0.4, -0.2) is 47.5 Å². The van der Waals surface area contributed by atoms with Gasteiger partial charge in [0.15, 0.2) is 11.5 Å². The molecule has 2 heterocycles. The Morgan fingerprint density at radius 1 is 1.23 bits per heavy atom. The summed E-state index contributed by atoms with van der Waals surface area (Å²) in [6, 6.07) is 10.9. The number of carbonyl (C=O) groups excluding carboxylic acids is 1. The van der Waals surface area contributed by atoms with Gasteiger partial charge in [-0.3, -0.25) is 14.9 Å². The highest BCUT2D eigenvalue weighted by Crippen LogP contribution is 2.37. The summed E-state index contributed by atoms with van der Waals surface area (Å²) < 4.78 is 10.7. The third-order valence-electron chi connectivity index (χ3n) is 5.85. The maximum absolute atomic E-state index is 13.2. The summed E-state index contributed by atoms with van der Waals surface area (Å²) in [6.07, 6.45) is 3.65. The number of ether oxygens (including phenoxy) is 2. The number of piperidine rings is 1. The maximum Gasteiger partial charge on any atom is 0.286 e. The van der Waals surface area contributed by atoms with E-state index in [1.165, 1.54) is 30.2 Å². The van der Waals surface area contributed by atoms with Gasteiger partial charge in [0, 0.05) is 36.3 Å². The van der Waals surface area contributed by atoms with Crippen LogP contribution >= 0.6 is 0 Å². The zero-order valence-electron chi connectivity index (χ0n) is 17.6. The van der Waals surface area contributed by atoms with Crippen molar-refractivity contribution >= 4 is 22.5 Å². The summed E-state index contributed by atoms with van der Waals surface area (Å²) >= 11 is 0. The van der Waals surface area contributed by atoms with Crippen LogP contribution in [0.15, 0.2) is 42.6 Å². The van der Waals surface area contributed by atoms with Crippen molar-refractivity contribution in [2.75, 3.05) is 26.8 Å². The Labute approximate surface area is 179 Å². The normalized spacial score (nSPS) is 14.6. The number of aromatic amines is 1. The lowest BCUT2D eigenvalue weighted by Gasteiger charge is -2.32. The summed E-state index contributed by atoms with van der Waals surface area (Å²) in [5.74, 6) is 0.547. The van der Waals surface area contributed by atoms with Gasteiger partial charge in [-0.05, 0) is 37.3 Å². The standard InChI is InChI=1S/C23H25N3O5/c1-3-31-22-13-20(26(28)29)17(12-21(22)30-2)23(27)25-10-8-15(9-11-25)18-14-24-19-7-5-4-6-16(18)19/h4-7,12-15,24H,3,8-11H2,1-2H3. The lowest BCUT2D eigenvalue weighted by Crippen LogP contribution is -2.38. The average Bonchev–Trinajstić information content (AvgIpc) is 3.23. The van der Waals surface area contributed by atoms with E-state index in [1.54, 1.807) is 11.8 Å². The predicted octanol–water partition coefficient (Wildman–Crippen LogP) is 4.50. The number of amides is 1. The number of hydrogen-bond donors (Lipinski definition) is 1. The van der Waals surface area contributed by atoms with Gasteiger partial charge in [-0.25, -0.2) is 0 Å². The SMILES string of the molecule is CCOc1cc([N+](=O)[O-])c(C(=O)N2CCC(c3c[nH]c4ccccc34)CC2)cc1OC. The van der Waals surface area contributed by atoms with E-state index < -0.39 is 4.92 Å². The van der Waals surface area contributed by atoms with Gasteiger partial charge in [0.2, 0.25) is 0 Å². The zero-order valence-corrected chi connectivity index (χ0v) is 17.6. The van der Waals surface area contributed by atoms with E-state index >= 15 is 0 Å². The number of H-pyrrole nitrogens is 1. The molecule has 1 saturated heterocycles. The fourth-order valence-electron chi connectivity index (χ4n) is 4.30. The highest BCUT2D eigenvalue weighted by Gasteiger charge is 2.31. The molecule has 0 unspecified atom stereocenters. The number of fused-ring (bicyclic) bond motifs is 1. The highest BCUT2D eigenvalue weighted by atomic mass is 16.6. The number of likely N-dealkylation sites (tertiary alicyclic amines) is 1. The quantitative estimate of drug-likeness (QED) is 0.465. The summed E-state index contributed by atoms with van der Waals surface area (Å²) in [7, 11) is 1.45. The van der Waals surface area contributed by atoms with Gasteiger partial charge in [-0.1, -0.05) is 18.2 Å². The van der Waals surface area contributed by atoms with Gasteiger partial charge >= 0.3 is 0 Å². The minimum Gasteiger partial charge on any atom is -0.493 e. The monoisotopic (exact) mass is 423 g/mol. The molecule has 1 N–H and O–H groups in total. The largest absolute Gasteiger partial charge is 0.493 e. The summed E-state index contributed by atoms with van der Waals surface area (Å²) in [5.41, 5.74) is 2.12. The number of rotatable bonds is 6. The number of nitrogens with zero attached hydrogens (tertiary/aromatic N) is 2. The van der Waals surface area contributed by atoms with Crippen molar-refractivity contribution in [2.45, 2.75) is 25.7 Å². The molecule has 0 spiro atoms. The second-order valence-corrected chi connectivity index (χ2v) is 7.57. The lowest BCUT2D eigenvalue weighted by atomic mass is 9.89. The Bertz CT molecular complexity index is 1120. The molecule has 8 nitrogen and oxygen atoms in total. The Balaban J connectivity index is 1.55. The Hall–Kier alpha value is -3.55. The van der Waals surface area contributed by atoms with Crippen molar-refractivity contribution < 1.29 is 19.2 Å². The molecule has 0 radical (unpaired) electrons.